The lowest BCUT2D eigenvalue weighted by molar-refractivity contribution is 0.104. The van der Waals surface area contributed by atoms with Gasteiger partial charge in [0, 0.05) is 33.2 Å². The maximum absolute atomic E-state index is 13.4. The number of allylic oxidation sites excluding steroid dienone is 1. The van der Waals surface area contributed by atoms with E-state index in [4.69, 9.17) is 16.6 Å². The Balaban J connectivity index is 1.64. The van der Waals surface area contributed by atoms with E-state index in [1.54, 1.807) is 12.3 Å². The van der Waals surface area contributed by atoms with Gasteiger partial charge in [0.1, 0.15) is 0 Å². The predicted octanol–water partition coefficient (Wildman–Crippen LogP) is 7.31. The molecule has 0 bridgehead atoms. The van der Waals surface area contributed by atoms with E-state index in [1.165, 1.54) is 0 Å². The lowest BCUT2D eigenvalue weighted by atomic mass is 9.92. The van der Waals surface area contributed by atoms with Crippen molar-refractivity contribution in [2.75, 3.05) is 0 Å². The van der Waals surface area contributed by atoms with Crippen LogP contribution in [0.2, 0.25) is 5.02 Å². The number of aromatic nitrogens is 2. The van der Waals surface area contributed by atoms with E-state index >= 15 is 0 Å². The van der Waals surface area contributed by atoms with E-state index in [2.05, 4.69) is 4.98 Å². The molecule has 0 saturated heterocycles. The van der Waals surface area contributed by atoms with Crippen molar-refractivity contribution in [3.63, 3.8) is 0 Å². The Kier molecular flexibility index (Phi) is 5.26. The molecule has 0 fully saturated rings. The highest BCUT2D eigenvalue weighted by atomic mass is 35.5. The van der Waals surface area contributed by atoms with Crippen LogP contribution < -0.4 is 0 Å². The number of pyridine rings is 2. The molecule has 5 aromatic rings. The molecule has 0 atom stereocenters. The van der Waals surface area contributed by atoms with Gasteiger partial charge in [-0.25, -0.2) is 0 Å². The summed E-state index contributed by atoms with van der Waals surface area (Å²) in [5.41, 5.74) is 5.70. The van der Waals surface area contributed by atoms with Crippen LogP contribution in [-0.2, 0) is 0 Å². The van der Waals surface area contributed by atoms with E-state index in [9.17, 15) is 4.79 Å². The van der Waals surface area contributed by atoms with Crippen LogP contribution in [0.4, 0.5) is 0 Å². The van der Waals surface area contributed by atoms with Crippen LogP contribution in [0.5, 0.6) is 0 Å². The molecule has 32 heavy (non-hydrogen) atoms. The minimum atomic E-state index is -0.100. The second-order valence-corrected chi connectivity index (χ2v) is 8.06. The zero-order valence-corrected chi connectivity index (χ0v) is 18.2. The van der Waals surface area contributed by atoms with Gasteiger partial charge in [0.2, 0.25) is 0 Å². The van der Waals surface area contributed by atoms with E-state index in [-0.39, 0.29) is 5.78 Å². The molecule has 154 valence electrons. The SMILES string of the molecule is Cc1nc2ccc(Cl)cc2c(-c2ccccc2)c1C(=O)C=Cc1ccc2cccnc2c1. The molecule has 4 heteroatoms. The third-order valence-electron chi connectivity index (χ3n) is 5.49. The molecule has 0 aliphatic carbocycles. The van der Waals surface area contributed by atoms with Crippen molar-refractivity contribution in [3.05, 3.63) is 113 Å². The molecule has 2 heterocycles. The number of nitrogens with zero attached hydrogens (tertiary/aromatic N) is 2. The first-order valence-electron chi connectivity index (χ1n) is 10.3. The van der Waals surface area contributed by atoms with Crippen LogP contribution in [-0.4, -0.2) is 15.8 Å². The topological polar surface area (TPSA) is 42.9 Å². The van der Waals surface area contributed by atoms with Gasteiger partial charge in [-0.2, -0.15) is 0 Å². The van der Waals surface area contributed by atoms with Crippen LogP contribution in [0.15, 0.2) is 91.1 Å². The number of carbonyl (C=O) groups excluding carboxylic acids is 1. The van der Waals surface area contributed by atoms with Gasteiger partial charge in [-0.3, -0.25) is 14.8 Å². The third kappa shape index (κ3) is 3.79. The number of ketones is 1. The van der Waals surface area contributed by atoms with Gasteiger partial charge in [0.15, 0.2) is 5.78 Å². The summed E-state index contributed by atoms with van der Waals surface area (Å²) in [6, 6.07) is 25.4. The molecule has 3 nitrogen and oxygen atoms in total. The monoisotopic (exact) mass is 434 g/mol. The number of carbonyl (C=O) groups is 1. The summed E-state index contributed by atoms with van der Waals surface area (Å²) in [7, 11) is 0. The Labute approximate surface area is 191 Å². The van der Waals surface area contributed by atoms with E-state index in [0.717, 1.165) is 38.5 Å². The van der Waals surface area contributed by atoms with Crippen molar-refractivity contribution in [2.45, 2.75) is 6.92 Å². The van der Waals surface area contributed by atoms with E-state index in [0.29, 0.717) is 16.3 Å². The lowest BCUT2D eigenvalue weighted by Crippen LogP contribution is -2.05. The number of fused-ring (bicyclic) bond motifs is 2. The lowest BCUT2D eigenvalue weighted by Gasteiger charge is -2.14. The molecule has 0 unspecified atom stereocenters. The summed E-state index contributed by atoms with van der Waals surface area (Å²) >= 11 is 6.31. The van der Waals surface area contributed by atoms with Gasteiger partial charge in [-0.1, -0.05) is 66.2 Å². The normalized spacial score (nSPS) is 11.4. The van der Waals surface area contributed by atoms with Crippen LogP contribution in [0.25, 0.3) is 39.0 Å². The summed E-state index contributed by atoms with van der Waals surface area (Å²) in [5.74, 6) is -0.100. The molecule has 5 rings (SSSR count). The molecule has 0 saturated carbocycles. The maximum Gasteiger partial charge on any atom is 0.188 e. The van der Waals surface area contributed by atoms with Gasteiger partial charge in [0.05, 0.1) is 16.6 Å². The second kappa shape index (κ2) is 8.37. The molecule has 2 aromatic heterocycles. The fourth-order valence-corrected chi connectivity index (χ4v) is 4.18. The van der Waals surface area contributed by atoms with E-state index < -0.39 is 0 Å². The first kappa shape index (κ1) is 20.1. The average molecular weight is 435 g/mol. The zero-order chi connectivity index (χ0) is 22.1. The molecule has 0 spiro atoms. The Bertz CT molecular complexity index is 1510. The fraction of sp³-hybridized carbons (Fsp3) is 0.0357. The van der Waals surface area contributed by atoms with Gasteiger partial charge in [0.25, 0.3) is 0 Å². The summed E-state index contributed by atoms with van der Waals surface area (Å²) in [5, 5.41) is 2.53. The number of aryl methyl sites for hydroxylation is 1. The average Bonchev–Trinajstić information content (AvgIpc) is 2.82. The van der Waals surface area contributed by atoms with Crippen molar-refractivity contribution in [3.8, 4) is 11.1 Å². The van der Waals surface area contributed by atoms with Crippen molar-refractivity contribution in [2.24, 2.45) is 0 Å². The Morgan fingerprint density at radius 1 is 0.906 bits per heavy atom. The minimum Gasteiger partial charge on any atom is -0.289 e. The minimum absolute atomic E-state index is 0.100. The standard InChI is InChI=1S/C28H19ClN2O/c1-18-27(26(32)14-10-19-9-11-20-8-5-15-30-25(20)16-19)28(21-6-3-2-4-7-21)23-17-22(29)12-13-24(23)31-18/h2-17H,1H3. The highest BCUT2D eigenvalue weighted by molar-refractivity contribution is 6.31. The predicted molar refractivity (Wildman–Crippen MR) is 132 cm³/mol. The molecular weight excluding hydrogens is 416 g/mol. The highest BCUT2D eigenvalue weighted by Crippen LogP contribution is 2.35. The maximum atomic E-state index is 13.4. The van der Waals surface area contributed by atoms with Gasteiger partial charge < -0.3 is 0 Å². The molecular formula is C28H19ClN2O. The number of rotatable bonds is 4. The highest BCUT2D eigenvalue weighted by Gasteiger charge is 2.19. The molecule has 0 radical (unpaired) electrons. The first-order chi connectivity index (χ1) is 15.6. The number of benzene rings is 3. The molecule has 0 aliphatic rings. The largest absolute Gasteiger partial charge is 0.289 e. The number of hydrogen-bond donors (Lipinski definition) is 0. The van der Waals surface area contributed by atoms with Gasteiger partial charge >= 0.3 is 0 Å². The summed E-state index contributed by atoms with van der Waals surface area (Å²) in [6.07, 6.45) is 5.20. The molecule has 0 N–H and O–H groups in total. The van der Waals surface area contributed by atoms with E-state index in [1.807, 2.05) is 91.9 Å². The quantitative estimate of drug-likeness (QED) is 0.220. The van der Waals surface area contributed by atoms with Crippen molar-refractivity contribution >= 4 is 45.3 Å². The summed E-state index contributed by atoms with van der Waals surface area (Å²) in [4.78, 5) is 22.5. The Morgan fingerprint density at radius 2 is 1.75 bits per heavy atom. The van der Waals surface area contributed by atoms with Crippen molar-refractivity contribution in [1.29, 1.82) is 0 Å². The first-order valence-corrected chi connectivity index (χ1v) is 10.7. The van der Waals surface area contributed by atoms with Gasteiger partial charge in [-0.05, 0) is 54.5 Å². The van der Waals surface area contributed by atoms with Crippen LogP contribution in [0.1, 0.15) is 21.6 Å². The Hall–Kier alpha value is -3.82. The van der Waals surface area contributed by atoms with Crippen LogP contribution in [0, 0.1) is 6.92 Å². The second-order valence-electron chi connectivity index (χ2n) is 7.63. The molecule has 0 amide bonds. The summed E-state index contributed by atoms with van der Waals surface area (Å²) in [6.45, 7) is 1.88. The smallest absolute Gasteiger partial charge is 0.188 e. The van der Waals surface area contributed by atoms with Crippen LogP contribution in [0.3, 0.4) is 0 Å². The van der Waals surface area contributed by atoms with Crippen molar-refractivity contribution < 1.29 is 4.79 Å². The zero-order valence-electron chi connectivity index (χ0n) is 17.4. The van der Waals surface area contributed by atoms with Crippen LogP contribution >= 0.6 is 11.6 Å². The molecule has 0 aliphatic heterocycles. The number of halogens is 1. The number of hydrogen-bond acceptors (Lipinski definition) is 3. The summed E-state index contributed by atoms with van der Waals surface area (Å²) < 4.78 is 0. The third-order valence-corrected chi connectivity index (χ3v) is 5.73. The Morgan fingerprint density at radius 3 is 2.59 bits per heavy atom. The fourth-order valence-electron chi connectivity index (χ4n) is 4.01. The van der Waals surface area contributed by atoms with Crippen molar-refractivity contribution in [1.82, 2.24) is 9.97 Å². The molecule has 3 aromatic carbocycles. The van der Waals surface area contributed by atoms with Gasteiger partial charge in [-0.15, -0.1) is 0 Å².